The average Bonchev–Trinajstić information content (AvgIpc) is 2.31. The molecule has 1 N–H and O–H groups in total. The Labute approximate surface area is 90.0 Å². The molecule has 15 heavy (non-hydrogen) atoms. The fourth-order valence-corrected chi connectivity index (χ4v) is 1.55. The lowest BCUT2D eigenvalue weighted by Gasteiger charge is -2.00. The Balaban J connectivity index is 2.24. The largest absolute Gasteiger partial charge is 0.384 e. The fraction of sp³-hybridized carbons (Fsp3) is 0.0714. The van der Waals surface area contributed by atoms with Crippen molar-refractivity contribution in [2.45, 2.75) is 6.61 Å². The molecule has 0 aliphatic carbocycles. The van der Waals surface area contributed by atoms with Gasteiger partial charge in [-0.3, -0.25) is 0 Å². The van der Waals surface area contributed by atoms with E-state index < -0.39 is 0 Å². The molecule has 0 heterocycles. The summed E-state index contributed by atoms with van der Waals surface area (Å²) in [5, 5.41) is 9.18. The number of hydrogen-bond acceptors (Lipinski definition) is 1. The molecule has 0 bridgehead atoms. The summed E-state index contributed by atoms with van der Waals surface area (Å²) in [5.74, 6) is 0. The predicted molar refractivity (Wildman–Crippen MR) is 61.3 cm³/mol. The fourth-order valence-electron chi connectivity index (χ4n) is 1.55. The molecule has 0 fully saturated rings. The molecule has 74 valence electrons. The van der Waals surface area contributed by atoms with E-state index in [0.717, 1.165) is 16.7 Å². The van der Waals surface area contributed by atoms with Crippen molar-refractivity contribution in [3.05, 3.63) is 77.7 Å². The Hall–Kier alpha value is -1.73. The summed E-state index contributed by atoms with van der Waals surface area (Å²) < 4.78 is 0. The van der Waals surface area contributed by atoms with Gasteiger partial charge in [-0.05, 0) is 36.4 Å². The van der Waals surface area contributed by atoms with E-state index in [-0.39, 0.29) is 6.61 Å². The van der Waals surface area contributed by atoms with Gasteiger partial charge in [0, 0.05) is 30.2 Å². The van der Waals surface area contributed by atoms with E-state index in [9.17, 15) is 5.11 Å². The van der Waals surface area contributed by atoms with Crippen molar-refractivity contribution in [2.24, 2.45) is 0 Å². The molecule has 2 aromatic carbocycles. The Kier molecular flexibility index (Phi) is 3.05. The van der Waals surface area contributed by atoms with Gasteiger partial charge in [0.25, 0.3) is 0 Å². The summed E-state index contributed by atoms with van der Waals surface area (Å²) in [7, 11) is 0. The lowest BCUT2D eigenvalue weighted by Crippen LogP contribution is -1.92. The average molecular weight is 197 g/mol. The Morgan fingerprint density at radius 2 is 1.53 bits per heavy atom. The van der Waals surface area contributed by atoms with Crippen LogP contribution >= 0.6 is 0 Å². The second-order valence-corrected chi connectivity index (χ2v) is 3.41. The first-order valence-electron chi connectivity index (χ1n) is 4.99. The maximum atomic E-state index is 9.18. The van der Waals surface area contributed by atoms with E-state index in [1.807, 2.05) is 54.6 Å². The van der Waals surface area contributed by atoms with E-state index in [1.165, 1.54) is 0 Å². The summed E-state index contributed by atoms with van der Waals surface area (Å²) in [6.07, 6.45) is 2.07. The van der Waals surface area contributed by atoms with Crippen LogP contribution in [0.1, 0.15) is 16.7 Å². The van der Waals surface area contributed by atoms with Crippen molar-refractivity contribution >= 4 is 0 Å². The van der Waals surface area contributed by atoms with E-state index in [2.05, 4.69) is 6.42 Å². The van der Waals surface area contributed by atoms with Crippen LogP contribution in [0.2, 0.25) is 0 Å². The minimum atomic E-state index is 0.0828. The van der Waals surface area contributed by atoms with Crippen molar-refractivity contribution in [1.29, 1.82) is 0 Å². The molecule has 1 heteroatoms. The second-order valence-electron chi connectivity index (χ2n) is 3.41. The second kappa shape index (κ2) is 4.67. The Morgan fingerprint density at radius 1 is 0.867 bits per heavy atom. The van der Waals surface area contributed by atoms with Crippen LogP contribution in [0.15, 0.2) is 54.6 Å². The summed E-state index contributed by atoms with van der Waals surface area (Å²) in [5.41, 5.74) is 3.19. The van der Waals surface area contributed by atoms with Crippen LogP contribution in [0.4, 0.5) is 0 Å². The minimum Gasteiger partial charge on any atom is -0.384 e. The zero-order valence-electron chi connectivity index (χ0n) is 8.43. The molecule has 0 amide bonds. The molecular weight excluding hydrogens is 184 g/mol. The third-order valence-corrected chi connectivity index (χ3v) is 2.35. The molecule has 0 radical (unpaired) electrons. The number of aliphatic hydroxyl groups excluding tert-OH is 1. The van der Waals surface area contributed by atoms with Crippen LogP contribution in [0, 0.1) is 6.42 Å². The van der Waals surface area contributed by atoms with E-state index in [1.54, 1.807) is 0 Å². The van der Waals surface area contributed by atoms with Crippen molar-refractivity contribution in [2.75, 3.05) is 0 Å². The zero-order valence-corrected chi connectivity index (χ0v) is 8.43. The third-order valence-electron chi connectivity index (χ3n) is 2.35. The van der Waals surface area contributed by atoms with Gasteiger partial charge in [-0.2, -0.15) is 0 Å². The van der Waals surface area contributed by atoms with Gasteiger partial charge >= 0.3 is 0 Å². The molecule has 2 aromatic rings. The molecule has 0 saturated carbocycles. The number of benzene rings is 2. The first kappa shape index (κ1) is 9.81. The van der Waals surface area contributed by atoms with Crippen molar-refractivity contribution in [3.63, 3.8) is 0 Å². The van der Waals surface area contributed by atoms with Gasteiger partial charge in [-0.1, -0.05) is 0 Å². The van der Waals surface area contributed by atoms with Gasteiger partial charge in [-0.15, -0.1) is 0 Å². The van der Waals surface area contributed by atoms with Crippen LogP contribution in [0.5, 0.6) is 0 Å². The first-order valence-corrected chi connectivity index (χ1v) is 4.99. The summed E-state index contributed by atoms with van der Waals surface area (Å²) in [4.78, 5) is 0. The quantitative estimate of drug-likeness (QED) is 0.750. The van der Waals surface area contributed by atoms with Gasteiger partial charge in [0.05, 0.1) is 17.7 Å². The van der Waals surface area contributed by atoms with E-state index in [4.69, 9.17) is 0 Å². The van der Waals surface area contributed by atoms with Gasteiger partial charge in [0.2, 0.25) is 0 Å². The number of rotatable bonds is 3. The van der Waals surface area contributed by atoms with Gasteiger partial charge in [0.1, 0.15) is 0 Å². The standard InChI is InChI=1S/C14H13O/c15-11-14-9-5-4-8-13(14)10-12-6-2-1-3-7-12/h1-10,15H,11H2/q+1. The van der Waals surface area contributed by atoms with Crippen molar-refractivity contribution in [3.8, 4) is 0 Å². The zero-order chi connectivity index (χ0) is 10.5. The normalized spacial score (nSPS) is 9.93. The van der Waals surface area contributed by atoms with Crippen LogP contribution in [-0.4, -0.2) is 5.11 Å². The highest BCUT2D eigenvalue weighted by atomic mass is 16.3. The molecule has 0 aliphatic rings. The molecule has 0 unspecified atom stereocenters. The molecule has 0 aliphatic heterocycles. The summed E-state index contributed by atoms with van der Waals surface area (Å²) in [6, 6.07) is 18.0. The smallest absolute Gasteiger partial charge is 0.0955 e. The van der Waals surface area contributed by atoms with Crippen LogP contribution in [0.25, 0.3) is 0 Å². The number of aliphatic hydroxyl groups is 1. The first-order chi connectivity index (χ1) is 7.40. The summed E-state index contributed by atoms with van der Waals surface area (Å²) >= 11 is 0. The molecule has 2 rings (SSSR count). The van der Waals surface area contributed by atoms with Gasteiger partial charge in [0.15, 0.2) is 0 Å². The SMILES string of the molecule is OCc1ccccc1[CH+]c1ccccc1. The lowest BCUT2D eigenvalue weighted by atomic mass is 10.0. The monoisotopic (exact) mass is 197 g/mol. The highest BCUT2D eigenvalue weighted by Gasteiger charge is 2.07. The molecule has 0 aromatic heterocycles. The molecular formula is C14H13O+. The van der Waals surface area contributed by atoms with Gasteiger partial charge in [-0.25, -0.2) is 0 Å². The lowest BCUT2D eigenvalue weighted by molar-refractivity contribution is 0.281. The van der Waals surface area contributed by atoms with Crippen LogP contribution in [-0.2, 0) is 6.61 Å². The molecule has 0 spiro atoms. The molecule has 0 atom stereocenters. The third kappa shape index (κ3) is 2.39. The Morgan fingerprint density at radius 3 is 2.27 bits per heavy atom. The minimum absolute atomic E-state index is 0.0828. The topological polar surface area (TPSA) is 20.2 Å². The number of hydrogen-bond donors (Lipinski definition) is 1. The Bertz CT molecular complexity index is 420. The molecule has 1 nitrogen and oxygen atoms in total. The highest BCUT2D eigenvalue weighted by molar-refractivity contribution is 5.41. The van der Waals surface area contributed by atoms with Gasteiger partial charge < -0.3 is 5.11 Å². The molecule has 0 saturated heterocycles. The van der Waals surface area contributed by atoms with E-state index >= 15 is 0 Å². The van der Waals surface area contributed by atoms with E-state index in [0.29, 0.717) is 0 Å². The van der Waals surface area contributed by atoms with Crippen LogP contribution < -0.4 is 0 Å². The van der Waals surface area contributed by atoms with Crippen molar-refractivity contribution in [1.82, 2.24) is 0 Å². The maximum Gasteiger partial charge on any atom is 0.0955 e. The highest BCUT2D eigenvalue weighted by Crippen LogP contribution is 2.15. The van der Waals surface area contributed by atoms with Crippen LogP contribution in [0.3, 0.4) is 0 Å². The van der Waals surface area contributed by atoms with Crippen molar-refractivity contribution < 1.29 is 5.11 Å². The maximum absolute atomic E-state index is 9.18. The summed E-state index contributed by atoms with van der Waals surface area (Å²) in [6.45, 7) is 0.0828. The predicted octanol–water partition coefficient (Wildman–Crippen LogP) is 2.78.